The number of hydrogen-bond donors (Lipinski definition) is 0. The molecule has 0 aliphatic rings. The minimum atomic E-state index is -0.724. The Kier molecular flexibility index (Phi) is 4.34. The van der Waals surface area contributed by atoms with Gasteiger partial charge in [-0.2, -0.15) is 0 Å². The zero-order chi connectivity index (χ0) is 8.20. The van der Waals surface area contributed by atoms with Gasteiger partial charge in [-0.3, -0.25) is 0 Å². The Morgan fingerprint density at radius 2 is 1.60 bits per heavy atom. The Morgan fingerprint density at radius 3 is 1.90 bits per heavy atom. The topological polar surface area (TPSA) is 0 Å². The van der Waals surface area contributed by atoms with Crippen LogP contribution in [0.15, 0.2) is 0 Å². The van der Waals surface area contributed by atoms with Gasteiger partial charge in [-0.1, -0.05) is 52.1 Å². The van der Waals surface area contributed by atoms with Crippen molar-refractivity contribution < 1.29 is 0 Å². The third kappa shape index (κ3) is 8.28. The second kappa shape index (κ2) is 4.22. The zero-order valence-electron chi connectivity index (χ0n) is 8.20. The number of rotatable bonds is 4. The lowest BCUT2D eigenvalue weighted by Crippen LogP contribution is -2.19. The van der Waals surface area contributed by atoms with Crippen molar-refractivity contribution >= 4 is 14.8 Å². The van der Waals surface area contributed by atoms with Crippen LogP contribution in [-0.4, -0.2) is 14.8 Å². The highest BCUT2D eigenvalue weighted by Gasteiger charge is 2.12. The van der Waals surface area contributed by atoms with Gasteiger partial charge in [-0.25, -0.2) is 0 Å². The van der Waals surface area contributed by atoms with E-state index in [9.17, 15) is 0 Å². The molecule has 0 nitrogen and oxygen atoms in total. The molecular formula is C8H21BSi. The molecule has 0 saturated heterocycles. The molecule has 0 rings (SSSR count). The monoisotopic (exact) mass is 156 g/mol. The van der Waals surface area contributed by atoms with Crippen LogP contribution in [0.25, 0.3) is 0 Å². The van der Waals surface area contributed by atoms with Crippen molar-refractivity contribution in [3.63, 3.8) is 0 Å². The first-order valence-corrected chi connectivity index (χ1v) is 8.12. The molecule has 0 aliphatic carbocycles. The summed E-state index contributed by atoms with van der Waals surface area (Å²) in [7, 11) is -0.724. The van der Waals surface area contributed by atoms with Crippen molar-refractivity contribution in [2.45, 2.75) is 52.1 Å². The maximum atomic E-state index is 2.45. The fourth-order valence-electron chi connectivity index (χ4n) is 1.04. The van der Waals surface area contributed by atoms with Crippen LogP contribution in [-0.2, 0) is 0 Å². The molecule has 0 spiro atoms. The van der Waals surface area contributed by atoms with Gasteiger partial charge in [0, 0.05) is 8.07 Å². The van der Waals surface area contributed by atoms with Gasteiger partial charge in [0.05, 0.1) is 0 Å². The molecule has 0 atom stereocenters. The molecule has 0 heterocycles. The summed E-state index contributed by atoms with van der Waals surface area (Å²) < 4.78 is 0. The highest BCUT2D eigenvalue weighted by molar-refractivity contribution is 6.76. The molecule has 0 saturated carbocycles. The van der Waals surface area contributed by atoms with Crippen LogP contribution in [0.5, 0.6) is 0 Å². The van der Waals surface area contributed by atoms with E-state index in [2.05, 4.69) is 33.3 Å². The minimum absolute atomic E-state index is 0.724. The van der Waals surface area contributed by atoms with Crippen molar-refractivity contribution in [3.8, 4) is 0 Å². The van der Waals surface area contributed by atoms with Crippen molar-refractivity contribution in [2.75, 3.05) is 0 Å². The van der Waals surface area contributed by atoms with Gasteiger partial charge in [-0.05, 0) is 0 Å². The normalized spacial score (nSPS) is 11.7. The second-order valence-corrected chi connectivity index (χ2v) is 10.5. The van der Waals surface area contributed by atoms with E-state index in [1.165, 1.54) is 18.8 Å². The van der Waals surface area contributed by atoms with Crippen molar-refractivity contribution in [1.82, 2.24) is 0 Å². The lowest BCUT2D eigenvalue weighted by molar-refractivity contribution is 1.03. The molecule has 0 aromatic carbocycles. The van der Waals surface area contributed by atoms with E-state index in [4.69, 9.17) is 0 Å². The average Bonchev–Trinajstić information content (AvgIpc) is 1.59. The molecule has 0 radical (unpaired) electrons. The smallest absolute Gasteiger partial charge is 0.0863 e. The van der Waals surface area contributed by atoms with E-state index in [1.807, 2.05) is 0 Å². The molecule has 0 amide bonds. The molecule has 0 aliphatic heterocycles. The van der Waals surface area contributed by atoms with Crippen LogP contribution in [0, 0.1) is 0 Å². The van der Waals surface area contributed by atoms with Crippen LogP contribution in [0.3, 0.4) is 0 Å². The maximum Gasteiger partial charge on any atom is 0.133 e. The molecule has 0 fully saturated rings. The van der Waals surface area contributed by atoms with Crippen molar-refractivity contribution in [2.24, 2.45) is 0 Å². The summed E-state index contributed by atoms with van der Waals surface area (Å²) in [6.07, 6.45) is 2.87. The van der Waals surface area contributed by atoms with E-state index in [-0.39, 0.29) is 0 Å². The SMILES string of the molecule is CB(C)CCC[Si](C)(C)C. The fourth-order valence-corrected chi connectivity index (χ4v) is 2.31. The van der Waals surface area contributed by atoms with Crippen LogP contribution >= 0.6 is 0 Å². The first kappa shape index (κ1) is 10.3. The predicted molar refractivity (Wildman–Crippen MR) is 55.1 cm³/mol. The number of hydrogen-bond acceptors (Lipinski definition) is 0. The Bertz CT molecular complexity index is 83.7. The highest BCUT2D eigenvalue weighted by Crippen LogP contribution is 2.13. The van der Waals surface area contributed by atoms with Gasteiger partial charge < -0.3 is 0 Å². The predicted octanol–water partition coefficient (Wildman–Crippen LogP) is 3.47. The van der Waals surface area contributed by atoms with Crippen LogP contribution in [0.1, 0.15) is 6.42 Å². The molecule has 0 aromatic heterocycles. The van der Waals surface area contributed by atoms with Crippen molar-refractivity contribution in [3.05, 3.63) is 0 Å². The molecule has 2 heteroatoms. The first-order chi connectivity index (χ1) is 4.42. The first-order valence-electron chi connectivity index (χ1n) is 4.42. The van der Waals surface area contributed by atoms with Crippen LogP contribution in [0.4, 0.5) is 0 Å². The highest BCUT2D eigenvalue weighted by atomic mass is 28.3. The van der Waals surface area contributed by atoms with E-state index < -0.39 is 8.07 Å². The summed E-state index contributed by atoms with van der Waals surface area (Å²) in [5.41, 5.74) is 0. The van der Waals surface area contributed by atoms with Crippen molar-refractivity contribution in [1.29, 1.82) is 0 Å². The lowest BCUT2D eigenvalue weighted by atomic mass is 9.52. The molecule has 0 bridgehead atoms. The minimum Gasteiger partial charge on any atom is -0.0863 e. The molecule has 60 valence electrons. The van der Waals surface area contributed by atoms with E-state index in [1.54, 1.807) is 0 Å². The van der Waals surface area contributed by atoms with E-state index in [0.29, 0.717) is 0 Å². The Labute approximate surface area is 67.5 Å². The summed E-state index contributed by atoms with van der Waals surface area (Å²) in [5, 5.41) is 0. The summed E-state index contributed by atoms with van der Waals surface area (Å²) >= 11 is 0. The van der Waals surface area contributed by atoms with Gasteiger partial charge in [0.15, 0.2) is 0 Å². The molecule has 10 heavy (non-hydrogen) atoms. The van der Waals surface area contributed by atoms with Gasteiger partial charge in [-0.15, -0.1) is 0 Å². The third-order valence-electron chi connectivity index (χ3n) is 1.71. The third-order valence-corrected chi connectivity index (χ3v) is 3.56. The van der Waals surface area contributed by atoms with Gasteiger partial charge in [0.1, 0.15) is 6.71 Å². The van der Waals surface area contributed by atoms with Crippen LogP contribution in [0.2, 0.25) is 45.7 Å². The van der Waals surface area contributed by atoms with E-state index >= 15 is 0 Å². The Balaban J connectivity index is 3.21. The van der Waals surface area contributed by atoms with E-state index in [0.717, 1.165) is 6.71 Å². The summed E-state index contributed by atoms with van der Waals surface area (Å²) in [6, 6.07) is 1.51. The fraction of sp³-hybridized carbons (Fsp3) is 1.00. The van der Waals surface area contributed by atoms with Gasteiger partial charge >= 0.3 is 0 Å². The van der Waals surface area contributed by atoms with Crippen LogP contribution < -0.4 is 0 Å². The Hall–Kier alpha value is 0.282. The molecule has 0 aromatic rings. The molecule has 0 unspecified atom stereocenters. The molecule has 0 N–H and O–H groups in total. The van der Waals surface area contributed by atoms with Gasteiger partial charge in [0.25, 0.3) is 0 Å². The second-order valence-electron chi connectivity index (χ2n) is 4.85. The summed E-state index contributed by atoms with van der Waals surface area (Å²) in [4.78, 5) is 0. The average molecular weight is 156 g/mol. The quantitative estimate of drug-likeness (QED) is 0.546. The maximum absolute atomic E-state index is 2.45. The van der Waals surface area contributed by atoms with Gasteiger partial charge in [0.2, 0.25) is 0 Å². The Morgan fingerprint density at radius 1 is 1.10 bits per heavy atom. The summed E-state index contributed by atoms with van der Waals surface area (Å²) in [6.45, 7) is 12.9. The largest absolute Gasteiger partial charge is 0.133 e. The summed E-state index contributed by atoms with van der Waals surface area (Å²) in [5.74, 6) is 0. The lowest BCUT2D eigenvalue weighted by Gasteiger charge is -2.15. The standard InChI is InChI=1S/C8H21BSi/c1-9(2)7-6-8-10(3,4)5/h6-8H2,1-5H3. The zero-order valence-corrected chi connectivity index (χ0v) is 9.20. The molecular weight excluding hydrogens is 135 g/mol.